The van der Waals surface area contributed by atoms with Crippen LogP contribution in [-0.2, 0) is 11.2 Å². The molecule has 1 saturated carbocycles. The molecule has 2 nitrogen and oxygen atoms in total. The number of ether oxygens (including phenoxy) is 1. The molecule has 1 heterocycles. The van der Waals surface area contributed by atoms with E-state index in [4.69, 9.17) is 4.74 Å². The summed E-state index contributed by atoms with van der Waals surface area (Å²) in [5.41, 5.74) is 2.65. The van der Waals surface area contributed by atoms with Crippen LogP contribution in [0.3, 0.4) is 0 Å². The molecule has 104 valence electrons. The summed E-state index contributed by atoms with van der Waals surface area (Å²) in [6.07, 6.45) is 6.31. The SMILES string of the molecule is Cc1ccc(CC(O)C2CCOC3(CCC3)C2)cc1. The van der Waals surface area contributed by atoms with Crippen LogP contribution >= 0.6 is 0 Å². The molecule has 1 spiro atoms. The predicted molar refractivity (Wildman–Crippen MR) is 76.1 cm³/mol. The van der Waals surface area contributed by atoms with Gasteiger partial charge in [0.05, 0.1) is 11.7 Å². The molecule has 2 aliphatic rings. The first-order chi connectivity index (χ1) is 9.17. The first-order valence-electron chi connectivity index (χ1n) is 7.54. The van der Waals surface area contributed by atoms with Crippen LogP contribution in [0.25, 0.3) is 0 Å². The van der Waals surface area contributed by atoms with Crippen LogP contribution in [0.1, 0.15) is 43.2 Å². The van der Waals surface area contributed by atoms with Gasteiger partial charge in [-0.25, -0.2) is 0 Å². The molecular weight excluding hydrogens is 236 g/mol. The van der Waals surface area contributed by atoms with Crippen molar-refractivity contribution in [3.63, 3.8) is 0 Å². The highest BCUT2D eigenvalue weighted by atomic mass is 16.5. The highest BCUT2D eigenvalue weighted by Gasteiger charge is 2.43. The summed E-state index contributed by atoms with van der Waals surface area (Å²) in [6.45, 7) is 2.93. The van der Waals surface area contributed by atoms with Gasteiger partial charge in [-0.15, -0.1) is 0 Å². The molecule has 2 unspecified atom stereocenters. The fraction of sp³-hybridized carbons (Fsp3) is 0.647. The van der Waals surface area contributed by atoms with Gasteiger partial charge in [-0.05, 0) is 56.9 Å². The van der Waals surface area contributed by atoms with Crippen molar-refractivity contribution < 1.29 is 9.84 Å². The van der Waals surface area contributed by atoms with Crippen LogP contribution in [0.5, 0.6) is 0 Å². The first-order valence-corrected chi connectivity index (χ1v) is 7.54. The van der Waals surface area contributed by atoms with E-state index in [9.17, 15) is 5.11 Å². The van der Waals surface area contributed by atoms with Crippen LogP contribution in [0.15, 0.2) is 24.3 Å². The van der Waals surface area contributed by atoms with Gasteiger partial charge in [0.25, 0.3) is 0 Å². The van der Waals surface area contributed by atoms with Gasteiger partial charge in [0.15, 0.2) is 0 Å². The largest absolute Gasteiger partial charge is 0.392 e. The lowest BCUT2D eigenvalue weighted by atomic mass is 9.70. The summed E-state index contributed by atoms with van der Waals surface area (Å²) in [4.78, 5) is 0. The van der Waals surface area contributed by atoms with E-state index in [2.05, 4.69) is 31.2 Å². The number of hydrogen-bond donors (Lipinski definition) is 1. The third kappa shape index (κ3) is 2.85. The van der Waals surface area contributed by atoms with Crippen molar-refractivity contribution in [1.82, 2.24) is 0 Å². The summed E-state index contributed by atoms with van der Waals surface area (Å²) >= 11 is 0. The van der Waals surface area contributed by atoms with Gasteiger partial charge in [0.2, 0.25) is 0 Å². The van der Waals surface area contributed by atoms with Crippen LogP contribution in [0, 0.1) is 12.8 Å². The molecule has 0 bridgehead atoms. The molecule has 1 aromatic carbocycles. The van der Waals surface area contributed by atoms with E-state index in [-0.39, 0.29) is 11.7 Å². The lowest BCUT2D eigenvalue weighted by Gasteiger charge is -2.48. The second-order valence-corrected chi connectivity index (χ2v) is 6.39. The summed E-state index contributed by atoms with van der Waals surface area (Å²) in [5.74, 6) is 0.412. The lowest BCUT2D eigenvalue weighted by molar-refractivity contribution is -0.156. The van der Waals surface area contributed by atoms with Crippen LogP contribution in [0.4, 0.5) is 0 Å². The Bertz CT molecular complexity index is 419. The third-order valence-electron chi connectivity index (χ3n) is 4.91. The number of hydrogen-bond acceptors (Lipinski definition) is 2. The van der Waals surface area contributed by atoms with Crippen molar-refractivity contribution in [3.8, 4) is 0 Å². The number of benzene rings is 1. The molecule has 2 heteroatoms. The minimum Gasteiger partial charge on any atom is -0.392 e. The maximum Gasteiger partial charge on any atom is 0.0686 e. The standard InChI is InChI=1S/C17H24O2/c1-13-3-5-14(6-4-13)11-16(18)15-7-10-19-17(12-15)8-2-9-17/h3-6,15-16,18H,2,7-12H2,1H3. The molecule has 2 fully saturated rings. The number of rotatable bonds is 3. The predicted octanol–water partition coefficient (Wildman–Crippen LogP) is 3.25. The Morgan fingerprint density at radius 3 is 2.68 bits per heavy atom. The van der Waals surface area contributed by atoms with Gasteiger partial charge in [0, 0.05) is 6.61 Å². The summed E-state index contributed by atoms with van der Waals surface area (Å²) in [5, 5.41) is 10.5. The van der Waals surface area contributed by atoms with Crippen molar-refractivity contribution in [2.75, 3.05) is 6.61 Å². The summed E-state index contributed by atoms with van der Waals surface area (Å²) < 4.78 is 5.94. The highest BCUT2D eigenvalue weighted by molar-refractivity contribution is 5.22. The third-order valence-corrected chi connectivity index (χ3v) is 4.91. The van der Waals surface area contributed by atoms with Crippen molar-refractivity contribution >= 4 is 0 Å². The van der Waals surface area contributed by atoms with E-state index >= 15 is 0 Å². The first kappa shape index (κ1) is 13.1. The summed E-state index contributed by atoms with van der Waals surface area (Å²) in [6, 6.07) is 8.52. The van der Waals surface area contributed by atoms with Crippen LogP contribution in [0.2, 0.25) is 0 Å². The van der Waals surface area contributed by atoms with E-state index in [1.54, 1.807) is 0 Å². The van der Waals surface area contributed by atoms with E-state index in [0.717, 1.165) is 25.9 Å². The Morgan fingerprint density at radius 1 is 1.32 bits per heavy atom. The average molecular weight is 260 g/mol. The zero-order valence-electron chi connectivity index (χ0n) is 11.8. The van der Waals surface area contributed by atoms with Gasteiger partial charge in [-0.2, -0.15) is 0 Å². The maximum atomic E-state index is 10.5. The molecule has 1 aliphatic heterocycles. The average Bonchev–Trinajstić information content (AvgIpc) is 2.40. The molecule has 19 heavy (non-hydrogen) atoms. The van der Waals surface area contributed by atoms with E-state index in [1.807, 2.05) is 0 Å². The van der Waals surface area contributed by atoms with Gasteiger partial charge >= 0.3 is 0 Å². The monoisotopic (exact) mass is 260 g/mol. The minimum atomic E-state index is -0.218. The Balaban J connectivity index is 1.60. The zero-order chi connectivity index (χ0) is 13.3. The molecule has 0 radical (unpaired) electrons. The van der Waals surface area contributed by atoms with E-state index in [0.29, 0.717) is 5.92 Å². The molecule has 1 saturated heterocycles. The second kappa shape index (κ2) is 5.26. The van der Waals surface area contributed by atoms with Gasteiger partial charge in [0.1, 0.15) is 0 Å². The van der Waals surface area contributed by atoms with Crippen molar-refractivity contribution in [3.05, 3.63) is 35.4 Å². The van der Waals surface area contributed by atoms with Crippen LogP contribution in [-0.4, -0.2) is 23.4 Å². The molecule has 1 N–H and O–H groups in total. The number of aryl methyl sites for hydroxylation is 1. The van der Waals surface area contributed by atoms with Crippen molar-refractivity contribution in [2.45, 2.75) is 57.2 Å². The zero-order valence-corrected chi connectivity index (χ0v) is 11.8. The van der Waals surface area contributed by atoms with Gasteiger partial charge in [-0.1, -0.05) is 29.8 Å². The van der Waals surface area contributed by atoms with Crippen LogP contribution < -0.4 is 0 Å². The van der Waals surface area contributed by atoms with Gasteiger partial charge < -0.3 is 9.84 Å². The molecule has 3 rings (SSSR count). The smallest absolute Gasteiger partial charge is 0.0686 e. The normalized spacial score (nSPS) is 26.9. The second-order valence-electron chi connectivity index (χ2n) is 6.39. The Hall–Kier alpha value is -0.860. The number of aliphatic hydroxyl groups excluding tert-OH is 1. The Kier molecular flexibility index (Phi) is 3.64. The molecule has 1 aromatic rings. The van der Waals surface area contributed by atoms with Gasteiger partial charge in [-0.3, -0.25) is 0 Å². The molecule has 1 aliphatic carbocycles. The molecule has 0 amide bonds. The molecular formula is C17H24O2. The number of aliphatic hydroxyl groups is 1. The van der Waals surface area contributed by atoms with Crippen molar-refractivity contribution in [2.24, 2.45) is 5.92 Å². The fourth-order valence-electron chi connectivity index (χ4n) is 3.45. The Labute approximate surface area is 115 Å². The van der Waals surface area contributed by atoms with E-state index in [1.165, 1.54) is 30.4 Å². The topological polar surface area (TPSA) is 29.5 Å². The minimum absolute atomic E-state index is 0.136. The summed E-state index contributed by atoms with van der Waals surface area (Å²) in [7, 11) is 0. The lowest BCUT2D eigenvalue weighted by Crippen LogP contribution is -2.48. The molecule has 2 atom stereocenters. The van der Waals surface area contributed by atoms with Crippen molar-refractivity contribution in [1.29, 1.82) is 0 Å². The molecule has 0 aromatic heterocycles. The Morgan fingerprint density at radius 2 is 2.05 bits per heavy atom. The van der Waals surface area contributed by atoms with E-state index < -0.39 is 0 Å². The highest BCUT2D eigenvalue weighted by Crippen LogP contribution is 2.45. The fourth-order valence-corrected chi connectivity index (χ4v) is 3.45. The quantitative estimate of drug-likeness (QED) is 0.904. The maximum absolute atomic E-state index is 10.5.